The molecule has 0 aliphatic carbocycles. The maximum Gasteiger partial charge on any atom is 0.324 e. The standard InChI is InChI=1S/C27H33N5O2S/c1-26(2,3)22-15-20(17-32-13-12-29-24(33)27(32,4)5)23(35-22)31-25(34)30-21-10-6-8-18(14-21)19-9-7-11-28-16-19/h6-11,14-16H,12-13,17H2,1-5H3,(H,29,33)(H2,30,31,34). The zero-order chi connectivity index (χ0) is 25.2. The lowest BCUT2D eigenvalue weighted by Crippen LogP contribution is -2.61. The normalized spacial score (nSPS) is 16.0. The summed E-state index contributed by atoms with van der Waals surface area (Å²) in [5.74, 6) is 0.0239. The Hall–Kier alpha value is -3.23. The van der Waals surface area contributed by atoms with Crippen LogP contribution in [0, 0.1) is 0 Å². The van der Waals surface area contributed by atoms with Crippen LogP contribution in [0.3, 0.4) is 0 Å². The summed E-state index contributed by atoms with van der Waals surface area (Å²) in [6.45, 7) is 12.3. The molecule has 4 rings (SSSR count). The van der Waals surface area contributed by atoms with Gasteiger partial charge in [-0.3, -0.25) is 20.0 Å². The van der Waals surface area contributed by atoms with E-state index < -0.39 is 5.54 Å². The van der Waals surface area contributed by atoms with Gasteiger partial charge in [-0.15, -0.1) is 11.3 Å². The summed E-state index contributed by atoms with van der Waals surface area (Å²) < 4.78 is 0. The van der Waals surface area contributed by atoms with Gasteiger partial charge in [-0.05, 0) is 49.1 Å². The van der Waals surface area contributed by atoms with Crippen LogP contribution in [0.25, 0.3) is 11.1 Å². The number of amides is 3. The maximum atomic E-state index is 13.0. The van der Waals surface area contributed by atoms with Gasteiger partial charge in [-0.1, -0.05) is 39.0 Å². The second-order valence-corrected chi connectivity index (χ2v) is 11.4. The van der Waals surface area contributed by atoms with Gasteiger partial charge in [0, 0.05) is 53.7 Å². The lowest BCUT2D eigenvalue weighted by Gasteiger charge is -2.41. The second-order valence-electron chi connectivity index (χ2n) is 10.4. The average Bonchev–Trinajstić information content (AvgIpc) is 3.20. The highest BCUT2D eigenvalue weighted by molar-refractivity contribution is 7.16. The molecular weight excluding hydrogens is 458 g/mol. The quantitative estimate of drug-likeness (QED) is 0.442. The van der Waals surface area contributed by atoms with Gasteiger partial charge in [-0.25, -0.2) is 4.79 Å². The number of hydrogen-bond donors (Lipinski definition) is 3. The van der Waals surface area contributed by atoms with Crippen LogP contribution in [0.4, 0.5) is 15.5 Å². The Morgan fingerprint density at radius 3 is 2.63 bits per heavy atom. The van der Waals surface area contributed by atoms with Crippen LogP contribution < -0.4 is 16.0 Å². The number of anilines is 2. The SMILES string of the molecule is CC(C)(C)c1cc(CN2CCNC(=O)C2(C)C)c(NC(=O)Nc2cccc(-c3cccnc3)c2)s1. The summed E-state index contributed by atoms with van der Waals surface area (Å²) in [7, 11) is 0. The Labute approximate surface area is 211 Å². The van der Waals surface area contributed by atoms with Crippen molar-refractivity contribution >= 4 is 34.0 Å². The summed E-state index contributed by atoms with van der Waals surface area (Å²) in [4.78, 5) is 33.0. The number of rotatable bonds is 5. The van der Waals surface area contributed by atoms with Gasteiger partial charge in [0.05, 0.1) is 5.54 Å². The predicted octanol–water partition coefficient (Wildman–Crippen LogP) is 5.46. The van der Waals surface area contributed by atoms with E-state index in [0.29, 0.717) is 18.8 Å². The van der Waals surface area contributed by atoms with Crippen molar-refractivity contribution < 1.29 is 9.59 Å². The van der Waals surface area contributed by atoms with Crippen LogP contribution in [0.2, 0.25) is 0 Å². The fourth-order valence-corrected chi connectivity index (χ4v) is 5.15. The van der Waals surface area contributed by atoms with Gasteiger partial charge in [0.2, 0.25) is 5.91 Å². The number of thiophene rings is 1. The van der Waals surface area contributed by atoms with E-state index in [0.717, 1.165) is 28.2 Å². The van der Waals surface area contributed by atoms with E-state index in [1.807, 2.05) is 50.2 Å². The third-order valence-electron chi connectivity index (χ3n) is 6.27. The molecule has 0 bridgehead atoms. The molecule has 0 unspecified atom stereocenters. The lowest BCUT2D eigenvalue weighted by molar-refractivity contribution is -0.135. The van der Waals surface area contributed by atoms with Crippen molar-refractivity contribution in [2.75, 3.05) is 23.7 Å². The molecule has 0 saturated carbocycles. The fraction of sp³-hybridized carbons (Fsp3) is 0.370. The summed E-state index contributed by atoms with van der Waals surface area (Å²) in [6.07, 6.45) is 3.54. The van der Waals surface area contributed by atoms with Crippen molar-refractivity contribution in [2.45, 2.75) is 52.1 Å². The van der Waals surface area contributed by atoms with Crippen molar-refractivity contribution in [3.8, 4) is 11.1 Å². The molecular formula is C27H33N5O2S. The van der Waals surface area contributed by atoms with Crippen molar-refractivity contribution in [3.63, 3.8) is 0 Å². The van der Waals surface area contributed by atoms with Gasteiger partial charge < -0.3 is 10.6 Å². The highest BCUT2D eigenvalue weighted by Crippen LogP contribution is 2.37. The van der Waals surface area contributed by atoms with Crippen molar-refractivity contribution in [2.24, 2.45) is 0 Å². The van der Waals surface area contributed by atoms with Crippen LogP contribution in [-0.4, -0.2) is 40.5 Å². The molecule has 0 spiro atoms. The van der Waals surface area contributed by atoms with Crippen LogP contribution in [0.1, 0.15) is 45.1 Å². The molecule has 1 aromatic carbocycles. The molecule has 0 atom stereocenters. The van der Waals surface area contributed by atoms with E-state index >= 15 is 0 Å². The van der Waals surface area contributed by atoms with Gasteiger partial charge in [-0.2, -0.15) is 0 Å². The van der Waals surface area contributed by atoms with E-state index in [-0.39, 0.29) is 17.4 Å². The van der Waals surface area contributed by atoms with Crippen molar-refractivity contribution in [1.82, 2.24) is 15.2 Å². The molecule has 3 heterocycles. The smallest absolute Gasteiger partial charge is 0.324 e. The van der Waals surface area contributed by atoms with E-state index in [9.17, 15) is 9.59 Å². The Kier molecular flexibility index (Phi) is 6.96. The zero-order valence-electron chi connectivity index (χ0n) is 20.9. The third-order valence-corrected chi connectivity index (χ3v) is 7.78. The van der Waals surface area contributed by atoms with Crippen LogP contribution >= 0.6 is 11.3 Å². The highest BCUT2D eigenvalue weighted by atomic mass is 32.1. The molecule has 0 radical (unpaired) electrons. The molecule has 2 aromatic heterocycles. The Bertz CT molecular complexity index is 1210. The molecule has 3 amide bonds. The number of pyridine rings is 1. The largest absolute Gasteiger partial charge is 0.353 e. The van der Waals surface area contributed by atoms with Gasteiger partial charge >= 0.3 is 6.03 Å². The Balaban J connectivity index is 1.54. The van der Waals surface area contributed by atoms with Crippen molar-refractivity contribution in [1.29, 1.82) is 0 Å². The first kappa shape index (κ1) is 24.9. The van der Waals surface area contributed by atoms with Gasteiger partial charge in [0.25, 0.3) is 0 Å². The first-order valence-electron chi connectivity index (χ1n) is 11.8. The fourth-order valence-electron chi connectivity index (χ4n) is 4.02. The molecule has 3 aromatic rings. The summed E-state index contributed by atoms with van der Waals surface area (Å²) in [6, 6.07) is 13.4. The molecule has 8 heteroatoms. The number of hydrogen-bond acceptors (Lipinski definition) is 5. The number of piperazine rings is 1. The van der Waals surface area contributed by atoms with E-state index in [1.165, 1.54) is 4.88 Å². The van der Waals surface area contributed by atoms with Crippen LogP contribution in [0.5, 0.6) is 0 Å². The highest BCUT2D eigenvalue weighted by Gasteiger charge is 2.38. The van der Waals surface area contributed by atoms with Crippen molar-refractivity contribution in [3.05, 3.63) is 65.3 Å². The second kappa shape index (κ2) is 9.79. The monoisotopic (exact) mass is 491 g/mol. The minimum absolute atomic E-state index is 0.0239. The molecule has 1 fully saturated rings. The number of urea groups is 1. The molecule has 7 nitrogen and oxygen atoms in total. The Morgan fingerprint density at radius 2 is 1.91 bits per heavy atom. The summed E-state index contributed by atoms with van der Waals surface area (Å²) >= 11 is 1.59. The topological polar surface area (TPSA) is 86.4 Å². The molecule has 1 saturated heterocycles. The molecule has 1 aliphatic rings. The minimum atomic E-state index is -0.617. The summed E-state index contributed by atoms with van der Waals surface area (Å²) in [5.41, 5.74) is 3.01. The molecule has 1 aliphatic heterocycles. The molecule has 35 heavy (non-hydrogen) atoms. The van der Waals surface area contributed by atoms with Crippen LogP contribution in [-0.2, 0) is 16.8 Å². The van der Waals surface area contributed by atoms with E-state index in [2.05, 4.69) is 52.7 Å². The number of carbonyl (C=O) groups is 2. The van der Waals surface area contributed by atoms with Gasteiger partial charge in [0.15, 0.2) is 0 Å². The molecule has 184 valence electrons. The average molecular weight is 492 g/mol. The third kappa shape index (κ3) is 5.71. The number of carbonyl (C=O) groups excluding carboxylic acids is 2. The molecule has 3 N–H and O–H groups in total. The first-order valence-corrected chi connectivity index (χ1v) is 12.6. The van der Waals surface area contributed by atoms with Crippen LogP contribution in [0.15, 0.2) is 54.9 Å². The first-order chi connectivity index (χ1) is 16.5. The van der Waals surface area contributed by atoms with Gasteiger partial charge in [0.1, 0.15) is 5.00 Å². The summed E-state index contributed by atoms with van der Waals surface area (Å²) in [5, 5.41) is 9.78. The zero-order valence-corrected chi connectivity index (χ0v) is 21.8. The Morgan fingerprint density at radius 1 is 1.14 bits per heavy atom. The lowest BCUT2D eigenvalue weighted by atomic mass is 9.93. The minimum Gasteiger partial charge on any atom is -0.353 e. The number of nitrogens with zero attached hydrogens (tertiary/aromatic N) is 2. The number of nitrogens with one attached hydrogen (secondary N) is 3. The predicted molar refractivity (Wildman–Crippen MR) is 143 cm³/mol. The number of benzene rings is 1. The van der Waals surface area contributed by atoms with E-state index in [4.69, 9.17) is 0 Å². The van der Waals surface area contributed by atoms with E-state index in [1.54, 1.807) is 23.7 Å². The number of aromatic nitrogens is 1. The maximum absolute atomic E-state index is 13.0.